The Balaban J connectivity index is 1.36. The topological polar surface area (TPSA) is 81.2 Å². The molecule has 1 aromatic carbocycles. The minimum absolute atomic E-state index is 0.560. The number of hydrogen-bond acceptors (Lipinski definition) is 8. The summed E-state index contributed by atoms with van der Waals surface area (Å²) in [5, 5.41) is 10.4. The lowest BCUT2D eigenvalue weighted by Crippen LogP contribution is -2.52. The van der Waals surface area contributed by atoms with Gasteiger partial charge < -0.3 is 16.0 Å². The summed E-state index contributed by atoms with van der Waals surface area (Å²) in [5.74, 6) is 1.48. The number of benzene rings is 1. The Morgan fingerprint density at radius 2 is 1.94 bits per heavy atom. The van der Waals surface area contributed by atoms with Crippen molar-refractivity contribution < 1.29 is 0 Å². The molecule has 5 aliphatic rings. The third kappa shape index (κ3) is 5.88. The van der Waals surface area contributed by atoms with Crippen molar-refractivity contribution in [3.63, 3.8) is 0 Å². The zero-order valence-corrected chi connectivity index (χ0v) is 19.9. The summed E-state index contributed by atoms with van der Waals surface area (Å²) >= 11 is 0. The van der Waals surface area contributed by atoms with Crippen molar-refractivity contribution in [3.8, 4) is 11.3 Å². The number of anilines is 3. The number of rotatable bonds is 0. The predicted molar refractivity (Wildman–Crippen MR) is 137 cm³/mol. The average Bonchev–Trinajstić information content (AvgIpc) is 2.85. The first-order valence-corrected chi connectivity index (χ1v) is 12.3. The smallest absolute Gasteiger partial charge is 0.227 e. The van der Waals surface area contributed by atoms with Crippen LogP contribution in [0.15, 0.2) is 54.9 Å². The highest BCUT2D eigenvalue weighted by Gasteiger charge is 2.23. The Hall–Kier alpha value is -3.07. The third-order valence-corrected chi connectivity index (χ3v) is 6.57. The van der Waals surface area contributed by atoms with E-state index in [2.05, 4.69) is 73.0 Å². The van der Waals surface area contributed by atoms with Crippen LogP contribution in [-0.4, -0.2) is 76.6 Å². The molecule has 0 spiro atoms. The van der Waals surface area contributed by atoms with Crippen LogP contribution >= 0.6 is 0 Å². The Morgan fingerprint density at radius 1 is 0.971 bits per heavy atom. The lowest BCUT2D eigenvalue weighted by molar-refractivity contribution is 0.0798. The van der Waals surface area contributed by atoms with Gasteiger partial charge in [-0.25, -0.2) is 15.0 Å². The molecular formula is C26H34N8. The molecule has 178 valence electrons. The van der Waals surface area contributed by atoms with E-state index in [4.69, 9.17) is 4.98 Å². The summed E-state index contributed by atoms with van der Waals surface area (Å²) in [6.45, 7) is 10.6. The number of piperazine rings is 1. The molecular weight excluding hydrogens is 424 g/mol. The van der Waals surface area contributed by atoms with Crippen LogP contribution in [0.2, 0.25) is 0 Å². The van der Waals surface area contributed by atoms with Crippen molar-refractivity contribution >= 4 is 17.5 Å². The van der Waals surface area contributed by atoms with Crippen molar-refractivity contribution in [3.05, 3.63) is 60.4 Å². The van der Waals surface area contributed by atoms with E-state index in [0.717, 1.165) is 81.5 Å². The average molecular weight is 459 g/mol. The SMILES string of the molecule is CC1CN2CCN1CCNCCCNc1ccc(cn1)-c1ccnc(n1)Nc1cccc(c1)C2. The second kappa shape index (κ2) is 10.9. The summed E-state index contributed by atoms with van der Waals surface area (Å²) < 4.78 is 0. The highest BCUT2D eigenvalue weighted by molar-refractivity contribution is 5.62. The number of pyridine rings is 1. The van der Waals surface area contributed by atoms with Crippen LogP contribution < -0.4 is 16.0 Å². The van der Waals surface area contributed by atoms with Crippen LogP contribution in [-0.2, 0) is 6.54 Å². The summed E-state index contributed by atoms with van der Waals surface area (Å²) in [6.07, 6.45) is 4.71. The van der Waals surface area contributed by atoms with E-state index in [-0.39, 0.29) is 0 Å². The Kier molecular flexibility index (Phi) is 7.28. The fourth-order valence-corrected chi connectivity index (χ4v) is 4.69. The highest BCUT2D eigenvalue weighted by atomic mass is 15.3. The minimum atomic E-state index is 0.560. The molecule has 3 N–H and O–H groups in total. The lowest BCUT2D eigenvalue weighted by Gasteiger charge is -2.40. The van der Waals surface area contributed by atoms with E-state index < -0.39 is 0 Å². The fraction of sp³-hybridized carbons (Fsp3) is 0.423. The van der Waals surface area contributed by atoms with Gasteiger partial charge in [-0.2, -0.15) is 0 Å². The van der Waals surface area contributed by atoms with Gasteiger partial charge in [0.05, 0.1) is 5.69 Å². The van der Waals surface area contributed by atoms with Gasteiger partial charge in [0.25, 0.3) is 0 Å². The van der Waals surface area contributed by atoms with Gasteiger partial charge >= 0.3 is 0 Å². The van der Waals surface area contributed by atoms with Crippen LogP contribution in [0.1, 0.15) is 18.9 Å². The molecule has 8 heteroatoms. The molecule has 8 rings (SSSR count). The van der Waals surface area contributed by atoms with E-state index in [9.17, 15) is 0 Å². The molecule has 2 aromatic heterocycles. The number of aromatic nitrogens is 3. The first-order chi connectivity index (χ1) is 16.7. The molecule has 5 aliphatic heterocycles. The molecule has 1 saturated heterocycles. The first kappa shape index (κ1) is 22.7. The quantitative estimate of drug-likeness (QED) is 0.474. The molecule has 34 heavy (non-hydrogen) atoms. The van der Waals surface area contributed by atoms with Gasteiger partial charge in [0, 0.05) is 75.5 Å². The van der Waals surface area contributed by atoms with Gasteiger partial charge in [0.2, 0.25) is 5.95 Å². The number of nitrogens with zero attached hydrogens (tertiary/aromatic N) is 5. The standard InChI is InChI=1S/C26H34N8/c1-20-18-33-14-15-34(20)13-12-27-9-3-10-28-25-7-6-22(17-30-25)24-8-11-29-26(32-24)31-23-5-2-4-21(16-23)19-33/h2,4-8,11,16-17,20,27H,3,9-10,12-15,18-19H2,1H3,(H,28,30)(H,29,31,32). The number of nitrogens with one attached hydrogen (secondary N) is 3. The number of hydrogen-bond donors (Lipinski definition) is 3. The molecule has 0 radical (unpaired) electrons. The Morgan fingerprint density at radius 3 is 2.82 bits per heavy atom. The normalized spacial score (nSPS) is 23.6. The summed E-state index contributed by atoms with van der Waals surface area (Å²) in [4.78, 5) is 18.9. The molecule has 3 aromatic rings. The van der Waals surface area contributed by atoms with Gasteiger partial charge in [-0.05, 0) is 55.8 Å². The highest BCUT2D eigenvalue weighted by Crippen LogP contribution is 2.21. The first-order valence-electron chi connectivity index (χ1n) is 12.3. The minimum Gasteiger partial charge on any atom is -0.370 e. The maximum absolute atomic E-state index is 4.72. The maximum Gasteiger partial charge on any atom is 0.227 e. The van der Waals surface area contributed by atoms with Crippen LogP contribution in [0.3, 0.4) is 0 Å². The summed E-state index contributed by atoms with van der Waals surface area (Å²) in [5.41, 5.74) is 4.12. The van der Waals surface area contributed by atoms with Crippen molar-refractivity contribution in [1.82, 2.24) is 30.1 Å². The second-order valence-electron chi connectivity index (χ2n) is 9.17. The van der Waals surface area contributed by atoms with E-state index in [1.165, 1.54) is 5.56 Å². The van der Waals surface area contributed by atoms with E-state index in [1.807, 2.05) is 18.3 Å². The van der Waals surface area contributed by atoms with E-state index >= 15 is 0 Å². The Bertz CT molecular complexity index is 1070. The fourth-order valence-electron chi connectivity index (χ4n) is 4.69. The summed E-state index contributed by atoms with van der Waals surface area (Å²) in [7, 11) is 0. The van der Waals surface area contributed by atoms with Crippen molar-refractivity contribution in [2.45, 2.75) is 25.9 Å². The third-order valence-electron chi connectivity index (χ3n) is 6.57. The van der Waals surface area contributed by atoms with Gasteiger partial charge in [-0.15, -0.1) is 0 Å². The largest absolute Gasteiger partial charge is 0.370 e. The van der Waals surface area contributed by atoms with Gasteiger partial charge in [0.1, 0.15) is 5.82 Å². The molecule has 8 bridgehead atoms. The predicted octanol–water partition coefficient (Wildman–Crippen LogP) is 3.19. The van der Waals surface area contributed by atoms with E-state index in [1.54, 1.807) is 6.20 Å². The monoisotopic (exact) mass is 458 g/mol. The van der Waals surface area contributed by atoms with Crippen LogP contribution in [0, 0.1) is 0 Å². The van der Waals surface area contributed by atoms with Crippen LogP contribution in [0.5, 0.6) is 0 Å². The van der Waals surface area contributed by atoms with Crippen molar-refractivity contribution in [2.24, 2.45) is 0 Å². The molecule has 1 fully saturated rings. The zero-order chi connectivity index (χ0) is 23.2. The van der Waals surface area contributed by atoms with Crippen molar-refractivity contribution in [1.29, 1.82) is 0 Å². The molecule has 7 heterocycles. The molecule has 0 saturated carbocycles. The molecule has 8 nitrogen and oxygen atoms in total. The Labute approximate surface area is 201 Å². The molecule has 0 aliphatic carbocycles. The lowest BCUT2D eigenvalue weighted by atomic mass is 10.1. The molecule has 3 atom stereocenters. The molecule has 3 unspecified atom stereocenters. The zero-order valence-electron chi connectivity index (χ0n) is 19.9. The molecule has 0 amide bonds. The summed E-state index contributed by atoms with van der Waals surface area (Å²) in [6, 6.07) is 15.1. The van der Waals surface area contributed by atoms with Crippen LogP contribution in [0.25, 0.3) is 11.3 Å². The second-order valence-corrected chi connectivity index (χ2v) is 9.17. The van der Waals surface area contributed by atoms with E-state index in [0.29, 0.717) is 12.0 Å². The van der Waals surface area contributed by atoms with Gasteiger partial charge in [-0.1, -0.05) is 12.1 Å². The van der Waals surface area contributed by atoms with Gasteiger partial charge in [0.15, 0.2) is 0 Å². The maximum atomic E-state index is 4.72. The van der Waals surface area contributed by atoms with Crippen molar-refractivity contribution in [2.75, 3.05) is 56.4 Å². The van der Waals surface area contributed by atoms with Crippen LogP contribution in [0.4, 0.5) is 17.5 Å². The van der Waals surface area contributed by atoms with Gasteiger partial charge in [-0.3, -0.25) is 9.80 Å².